The average molecular weight is 382 g/mol. The van der Waals surface area contributed by atoms with Crippen molar-refractivity contribution in [1.29, 1.82) is 0 Å². The Morgan fingerprint density at radius 1 is 0.750 bits per heavy atom. The number of amides is 4. The molecule has 2 aromatic rings. The summed E-state index contributed by atoms with van der Waals surface area (Å²) in [7, 11) is 3.14. The Balaban J connectivity index is 1.57. The van der Waals surface area contributed by atoms with Crippen LogP contribution < -0.4 is 20.1 Å². The number of hydrogen-bond donors (Lipinski definition) is 2. The smallest absolute Gasteiger partial charge is 0.322 e. The predicted molar refractivity (Wildman–Crippen MR) is 106 cm³/mol. The zero-order valence-electron chi connectivity index (χ0n) is 15.8. The van der Waals surface area contributed by atoms with Crippen molar-refractivity contribution in [2.75, 3.05) is 51.0 Å². The molecule has 2 saturated heterocycles. The Kier molecular flexibility index (Phi) is 4.68. The maximum atomic E-state index is 12.0. The number of carbonyl (C=O) groups is 2. The summed E-state index contributed by atoms with van der Waals surface area (Å²) in [6, 6.07) is 10.9. The fraction of sp³-hybridized carbons (Fsp3) is 0.300. The fourth-order valence-corrected chi connectivity index (χ4v) is 2.84. The van der Waals surface area contributed by atoms with Crippen molar-refractivity contribution in [3.8, 4) is 22.6 Å². The lowest BCUT2D eigenvalue weighted by atomic mass is 10.0. The van der Waals surface area contributed by atoms with Crippen LogP contribution in [0.5, 0.6) is 11.5 Å². The van der Waals surface area contributed by atoms with E-state index in [0.29, 0.717) is 22.9 Å². The first-order chi connectivity index (χ1) is 13.6. The van der Waals surface area contributed by atoms with Gasteiger partial charge in [0.05, 0.1) is 25.6 Å². The van der Waals surface area contributed by atoms with Crippen LogP contribution in [-0.2, 0) is 0 Å². The molecule has 2 aromatic carbocycles. The van der Waals surface area contributed by atoms with E-state index in [2.05, 4.69) is 10.6 Å². The van der Waals surface area contributed by atoms with Gasteiger partial charge in [-0.2, -0.15) is 0 Å². The van der Waals surface area contributed by atoms with E-state index in [0.717, 1.165) is 37.3 Å². The minimum atomic E-state index is -0.126. The van der Waals surface area contributed by atoms with Crippen molar-refractivity contribution in [2.45, 2.75) is 0 Å². The number of hydrogen-bond acceptors (Lipinski definition) is 4. The van der Waals surface area contributed by atoms with Crippen LogP contribution in [0.3, 0.4) is 0 Å². The number of nitrogens with zero attached hydrogens (tertiary/aromatic N) is 2. The number of carbonyl (C=O) groups excluding carboxylic acids is 2. The SMILES string of the molecule is COc1cc(-c2ccc(NC(=O)N3CC3)c(OC)c2)ccc1NC(=O)N1CC1. The van der Waals surface area contributed by atoms with Crippen molar-refractivity contribution in [3.63, 3.8) is 0 Å². The van der Waals surface area contributed by atoms with Gasteiger partial charge in [0.1, 0.15) is 11.5 Å². The third-order valence-corrected chi connectivity index (χ3v) is 4.69. The monoisotopic (exact) mass is 382 g/mol. The van der Waals surface area contributed by atoms with E-state index in [9.17, 15) is 9.59 Å². The summed E-state index contributed by atoms with van der Waals surface area (Å²) >= 11 is 0. The lowest BCUT2D eigenvalue weighted by Gasteiger charge is -2.14. The maximum absolute atomic E-state index is 12.0. The highest BCUT2D eigenvalue weighted by Crippen LogP contribution is 2.35. The molecule has 2 aliphatic rings. The highest BCUT2D eigenvalue weighted by atomic mass is 16.5. The van der Waals surface area contributed by atoms with E-state index in [-0.39, 0.29) is 12.1 Å². The lowest BCUT2D eigenvalue weighted by molar-refractivity contribution is 0.241. The molecule has 2 aliphatic heterocycles. The number of rotatable bonds is 5. The van der Waals surface area contributed by atoms with Crippen molar-refractivity contribution in [3.05, 3.63) is 36.4 Å². The molecular formula is C20H22N4O4. The van der Waals surface area contributed by atoms with Crippen molar-refractivity contribution in [2.24, 2.45) is 0 Å². The average Bonchev–Trinajstić information content (AvgIpc) is 3.59. The molecule has 0 radical (unpaired) electrons. The van der Waals surface area contributed by atoms with Crippen LogP contribution in [0.1, 0.15) is 0 Å². The zero-order valence-corrected chi connectivity index (χ0v) is 15.8. The number of ether oxygens (including phenoxy) is 2. The molecule has 2 N–H and O–H groups in total. The first kappa shape index (κ1) is 18.0. The molecule has 0 aliphatic carbocycles. The Labute approximate surface area is 163 Å². The van der Waals surface area contributed by atoms with Gasteiger partial charge in [-0.25, -0.2) is 9.59 Å². The van der Waals surface area contributed by atoms with E-state index >= 15 is 0 Å². The second-order valence-electron chi connectivity index (χ2n) is 6.66. The van der Waals surface area contributed by atoms with Gasteiger partial charge in [-0.15, -0.1) is 0 Å². The van der Waals surface area contributed by atoms with Gasteiger partial charge >= 0.3 is 12.1 Å². The summed E-state index contributed by atoms with van der Waals surface area (Å²) in [4.78, 5) is 27.3. The minimum Gasteiger partial charge on any atom is -0.495 e. The molecule has 0 bridgehead atoms. The summed E-state index contributed by atoms with van der Waals surface area (Å²) in [5.74, 6) is 1.15. The Morgan fingerprint density at radius 2 is 1.14 bits per heavy atom. The topological polar surface area (TPSA) is 82.7 Å². The molecule has 0 atom stereocenters. The Bertz CT molecular complexity index is 847. The zero-order chi connectivity index (χ0) is 19.7. The molecule has 0 saturated carbocycles. The van der Waals surface area contributed by atoms with Gasteiger partial charge in [-0.05, 0) is 35.4 Å². The molecule has 4 amide bonds. The van der Waals surface area contributed by atoms with Crippen LogP contribution in [-0.4, -0.2) is 62.3 Å². The molecule has 4 rings (SSSR count). The predicted octanol–water partition coefficient (Wildman–Crippen LogP) is 3.07. The Morgan fingerprint density at radius 3 is 1.46 bits per heavy atom. The molecule has 146 valence electrons. The van der Waals surface area contributed by atoms with Gasteiger partial charge in [0.25, 0.3) is 0 Å². The van der Waals surface area contributed by atoms with E-state index in [4.69, 9.17) is 9.47 Å². The summed E-state index contributed by atoms with van der Waals surface area (Å²) in [6.45, 7) is 3.14. The fourth-order valence-electron chi connectivity index (χ4n) is 2.84. The highest BCUT2D eigenvalue weighted by Gasteiger charge is 2.25. The van der Waals surface area contributed by atoms with Crippen LogP contribution in [0.15, 0.2) is 36.4 Å². The van der Waals surface area contributed by atoms with E-state index < -0.39 is 0 Å². The summed E-state index contributed by atoms with van der Waals surface area (Å²) < 4.78 is 10.9. The van der Waals surface area contributed by atoms with Crippen LogP contribution in [0.25, 0.3) is 11.1 Å². The lowest BCUT2D eigenvalue weighted by Crippen LogP contribution is -2.19. The molecule has 0 spiro atoms. The first-order valence-corrected chi connectivity index (χ1v) is 9.07. The second kappa shape index (κ2) is 7.30. The normalized spacial score (nSPS) is 14.4. The molecule has 0 unspecified atom stereocenters. The number of nitrogens with one attached hydrogen (secondary N) is 2. The van der Waals surface area contributed by atoms with Crippen LogP contribution >= 0.6 is 0 Å². The standard InChI is InChI=1S/C20H22N4O4/c1-27-17-11-13(3-5-15(17)21-19(25)23-7-8-23)14-4-6-16(18(12-14)28-2)22-20(26)24-9-10-24/h3-6,11-12H,7-10H2,1-2H3,(H,21,25)(H,22,26). The third-order valence-electron chi connectivity index (χ3n) is 4.69. The number of methoxy groups -OCH3 is 2. The van der Waals surface area contributed by atoms with Gasteiger partial charge < -0.3 is 29.9 Å². The third kappa shape index (κ3) is 3.80. The maximum Gasteiger partial charge on any atom is 0.322 e. The van der Waals surface area contributed by atoms with Gasteiger partial charge in [-0.3, -0.25) is 0 Å². The van der Waals surface area contributed by atoms with Crippen molar-refractivity contribution in [1.82, 2.24) is 9.80 Å². The van der Waals surface area contributed by atoms with Crippen molar-refractivity contribution >= 4 is 23.4 Å². The summed E-state index contributed by atoms with van der Waals surface area (Å²) in [5.41, 5.74) is 3.06. The Hall–Kier alpha value is -3.42. The highest BCUT2D eigenvalue weighted by molar-refractivity contribution is 5.94. The summed E-state index contributed by atoms with van der Waals surface area (Å²) in [6.07, 6.45) is 0. The number of anilines is 2. The quantitative estimate of drug-likeness (QED) is 0.779. The largest absolute Gasteiger partial charge is 0.495 e. The number of benzene rings is 2. The minimum absolute atomic E-state index is 0.126. The van der Waals surface area contributed by atoms with Gasteiger partial charge in [0, 0.05) is 26.2 Å². The molecular weight excluding hydrogens is 360 g/mol. The van der Waals surface area contributed by atoms with Gasteiger partial charge in [0.2, 0.25) is 0 Å². The van der Waals surface area contributed by atoms with E-state index in [1.54, 1.807) is 24.0 Å². The van der Waals surface area contributed by atoms with E-state index in [1.807, 2.05) is 36.4 Å². The van der Waals surface area contributed by atoms with Crippen LogP contribution in [0, 0.1) is 0 Å². The molecule has 8 nitrogen and oxygen atoms in total. The molecule has 2 fully saturated rings. The molecule has 28 heavy (non-hydrogen) atoms. The molecule has 0 aromatic heterocycles. The molecule has 8 heteroatoms. The van der Waals surface area contributed by atoms with Crippen LogP contribution in [0.4, 0.5) is 21.0 Å². The first-order valence-electron chi connectivity index (χ1n) is 9.07. The molecule has 2 heterocycles. The van der Waals surface area contributed by atoms with E-state index in [1.165, 1.54) is 0 Å². The summed E-state index contributed by atoms with van der Waals surface area (Å²) in [5, 5.41) is 5.71. The second-order valence-corrected chi connectivity index (χ2v) is 6.66. The van der Waals surface area contributed by atoms with Crippen molar-refractivity contribution < 1.29 is 19.1 Å². The van der Waals surface area contributed by atoms with Gasteiger partial charge in [-0.1, -0.05) is 12.1 Å². The number of urea groups is 2. The van der Waals surface area contributed by atoms with Gasteiger partial charge in [0.15, 0.2) is 0 Å². The van der Waals surface area contributed by atoms with Crippen LogP contribution in [0.2, 0.25) is 0 Å².